The van der Waals surface area contributed by atoms with E-state index < -0.39 is 5.41 Å². The molecule has 0 atom stereocenters. The van der Waals surface area contributed by atoms with Crippen LogP contribution >= 0.6 is 0 Å². The van der Waals surface area contributed by atoms with Crippen molar-refractivity contribution in [3.8, 4) is 22.6 Å². The summed E-state index contributed by atoms with van der Waals surface area (Å²) in [6.45, 7) is 7.00. The summed E-state index contributed by atoms with van der Waals surface area (Å²) in [5.41, 5.74) is 4.89. The van der Waals surface area contributed by atoms with E-state index in [1.54, 1.807) is 0 Å². The molecule has 3 aliphatic rings. The Bertz CT molecular complexity index is 1380. The zero-order valence-corrected chi connectivity index (χ0v) is 22.1. The van der Waals surface area contributed by atoms with Crippen LogP contribution in [0.4, 0.5) is 5.69 Å². The van der Waals surface area contributed by atoms with Crippen LogP contribution in [-0.2, 0) is 14.9 Å². The van der Waals surface area contributed by atoms with Crippen LogP contribution in [-0.4, -0.2) is 62.9 Å². The van der Waals surface area contributed by atoms with Crippen molar-refractivity contribution in [1.82, 2.24) is 10.2 Å². The van der Waals surface area contributed by atoms with Gasteiger partial charge in [-0.25, -0.2) is 0 Å². The Morgan fingerprint density at radius 3 is 2.49 bits per heavy atom. The van der Waals surface area contributed by atoms with Crippen LogP contribution in [0.1, 0.15) is 35.8 Å². The minimum atomic E-state index is -0.539. The van der Waals surface area contributed by atoms with Crippen molar-refractivity contribution in [2.45, 2.75) is 25.2 Å². The van der Waals surface area contributed by atoms with Gasteiger partial charge in [0, 0.05) is 38.9 Å². The van der Waals surface area contributed by atoms with Crippen LogP contribution in [0, 0.1) is 6.92 Å². The number of carbonyl (C=O) groups excluding carboxylic acids is 2. The quantitative estimate of drug-likeness (QED) is 0.451. The molecule has 2 heterocycles. The highest BCUT2D eigenvalue weighted by molar-refractivity contribution is 6.02. The van der Waals surface area contributed by atoms with Crippen molar-refractivity contribution in [2.24, 2.45) is 0 Å². The second-order valence-electron chi connectivity index (χ2n) is 10.4. The number of ether oxygens (including phenoxy) is 3. The van der Waals surface area contributed by atoms with Gasteiger partial charge in [-0.2, -0.15) is 0 Å². The van der Waals surface area contributed by atoms with Crippen molar-refractivity contribution >= 4 is 17.5 Å². The number of fused-ring (bicyclic) bond motifs is 1. The van der Waals surface area contributed by atoms with Gasteiger partial charge in [0.05, 0.1) is 18.6 Å². The smallest absolute Gasteiger partial charge is 0.251 e. The van der Waals surface area contributed by atoms with E-state index in [-0.39, 0.29) is 20.0 Å². The molecule has 8 heteroatoms. The van der Waals surface area contributed by atoms with E-state index in [2.05, 4.69) is 15.5 Å². The second kappa shape index (κ2) is 10.7. The minimum absolute atomic E-state index is 0. The van der Waals surface area contributed by atoms with Gasteiger partial charge in [0.25, 0.3) is 5.91 Å². The summed E-state index contributed by atoms with van der Waals surface area (Å²) < 4.78 is 16.3. The molecule has 3 aromatic carbocycles. The van der Waals surface area contributed by atoms with Crippen LogP contribution in [0.5, 0.6) is 11.5 Å². The van der Waals surface area contributed by atoms with Gasteiger partial charge in [-0.15, -0.1) is 0 Å². The highest BCUT2D eigenvalue weighted by atomic mass is 16.7. The molecule has 204 valence electrons. The van der Waals surface area contributed by atoms with E-state index in [4.69, 9.17) is 14.2 Å². The first kappa shape index (κ1) is 25.4. The number of morpholine rings is 1. The number of anilines is 1. The van der Waals surface area contributed by atoms with E-state index in [1.807, 2.05) is 67.6 Å². The molecule has 0 spiro atoms. The summed E-state index contributed by atoms with van der Waals surface area (Å²) in [7, 11) is 0. The lowest BCUT2D eigenvalue weighted by molar-refractivity contribution is -0.118. The lowest BCUT2D eigenvalue weighted by Crippen LogP contribution is -2.41. The molecule has 0 unspecified atom stereocenters. The first-order valence-corrected chi connectivity index (χ1v) is 13.5. The number of rotatable bonds is 8. The van der Waals surface area contributed by atoms with Crippen molar-refractivity contribution < 1.29 is 25.2 Å². The second-order valence-corrected chi connectivity index (χ2v) is 10.4. The summed E-state index contributed by atoms with van der Waals surface area (Å²) >= 11 is 0. The number of aryl methyl sites for hydroxylation is 1. The van der Waals surface area contributed by atoms with Crippen LogP contribution in [0.3, 0.4) is 0 Å². The Labute approximate surface area is 229 Å². The molecule has 8 nitrogen and oxygen atoms in total. The van der Waals surface area contributed by atoms with Crippen LogP contribution < -0.4 is 20.1 Å². The van der Waals surface area contributed by atoms with Gasteiger partial charge in [-0.05, 0) is 78.4 Å². The Morgan fingerprint density at radius 2 is 1.72 bits per heavy atom. The van der Waals surface area contributed by atoms with Gasteiger partial charge in [-0.1, -0.05) is 24.3 Å². The van der Waals surface area contributed by atoms with E-state index in [0.717, 1.165) is 79.4 Å². The largest absolute Gasteiger partial charge is 0.454 e. The number of hydrogen-bond donors (Lipinski definition) is 2. The summed E-state index contributed by atoms with van der Waals surface area (Å²) in [4.78, 5) is 28.3. The lowest BCUT2D eigenvalue weighted by Gasteiger charge is -2.26. The fraction of sp³-hybridized carbons (Fsp3) is 0.355. The number of nitrogens with one attached hydrogen (secondary N) is 2. The molecule has 2 aliphatic heterocycles. The van der Waals surface area contributed by atoms with E-state index in [1.165, 1.54) is 0 Å². The number of hydrogen-bond acceptors (Lipinski definition) is 6. The molecule has 2 N–H and O–H groups in total. The molecule has 2 amide bonds. The maximum atomic E-state index is 13.4. The summed E-state index contributed by atoms with van der Waals surface area (Å²) in [6, 6.07) is 19.3. The molecule has 6 rings (SSSR count). The van der Waals surface area contributed by atoms with Gasteiger partial charge in [0.2, 0.25) is 12.7 Å². The molecule has 0 aromatic heterocycles. The minimum Gasteiger partial charge on any atom is -0.454 e. The molecule has 1 saturated carbocycles. The van der Waals surface area contributed by atoms with Gasteiger partial charge < -0.3 is 24.8 Å². The first-order valence-electron chi connectivity index (χ1n) is 13.5. The van der Waals surface area contributed by atoms with Crippen LogP contribution in [0.15, 0.2) is 60.7 Å². The Morgan fingerprint density at radius 1 is 0.949 bits per heavy atom. The standard InChI is InChI=1S/C31H33N3O5.H2/c1-21-2-8-25(33-30(36)31(10-11-31)24-7-9-27-28(18-24)39-20-38-27)19-26(21)22-3-5-23(6-4-22)29(35)32-12-13-34-14-16-37-17-15-34;/h2-9,18-19H,10-17,20H2,1H3,(H,32,35)(H,33,36);1H. The Kier molecular flexibility index (Phi) is 6.97. The zero-order chi connectivity index (χ0) is 26.8. The van der Waals surface area contributed by atoms with E-state index in [0.29, 0.717) is 17.9 Å². The number of carbonyl (C=O) groups is 2. The summed E-state index contributed by atoms with van der Waals surface area (Å²) in [6.07, 6.45) is 1.60. The summed E-state index contributed by atoms with van der Waals surface area (Å²) in [5, 5.41) is 6.15. The van der Waals surface area contributed by atoms with Crippen molar-refractivity contribution in [2.75, 3.05) is 51.5 Å². The highest BCUT2D eigenvalue weighted by Crippen LogP contribution is 2.51. The first-order chi connectivity index (χ1) is 19.0. The SMILES string of the molecule is Cc1ccc(NC(=O)C2(c3ccc4c(c3)OCO4)CC2)cc1-c1ccc(C(=O)NCCN2CCOCC2)cc1.[HH]. The lowest BCUT2D eigenvalue weighted by atomic mass is 9.94. The van der Waals surface area contributed by atoms with E-state index in [9.17, 15) is 9.59 Å². The highest BCUT2D eigenvalue weighted by Gasteiger charge is 2.51. The normalized spacial score (nSPS) is 17.5. The molecule has 1 aliphatic carbocycles. The van der Waals surface area contributed by atoms with Crippen LogP contribution in [0.25, 0.3) is 11.1 Å². The Hall–Kier alpha value is -3.88. The van der Waals surface area contributed by atoms with Crippen molar-refractivity contribution in [3.63, 3.8) is 0 Å². The van der Waals surface area contributed by atoms with Gasteiger partial charge in [0.1, 0.15) is 0 Å². The van der Waals surface area contributed by atoms with Crippen molar-refractivity contribution in [1.29, 1.82) is 0 Å². The maximum absolute atomic E-state index is 13.4. The average molecular weight is 530 g/mol. The van der Waals surface area contributed by atoms with Crippen molar-refractivity contribution in [3.05, 3.63) is 77.4 Å². The Balaban J connectivity index is 0.00000323. The fourth-order valence-electron chi connectivity index (χ4n) is 5.28. The molecular weight excluding hydrogens is 494 g/mol. The number of benzene rings is 3. The van der Waals surface area contributed by atoms with E-state index >= 15 is 0 Å². The topological polar surface area (TPSA) is 89.1 Å². The molecule has 3 aromatic rings. The molecule has 0 bridgehead atoms. The maximum Gasteiger partial charge on any atom is 0.251 e. The van der Waals surface area contributed by atoms with Gasteiger partial charge in [-0.3, -0.25) is 14.5 Å². The molecular formula is C31H35N3O5. The molecule has 39 heavy (non-hydrogen) atoms. The number of amides is 2. The summed E-state index contributed by atoms with van der Waals surface area (Å²) in [5.74, 6) is 1.32. The number of nitrogens with zero attached hydrogens (tertiary/aromatic N) is 1. The average Bonchev–Trinajstić information content (AvgIpc) is 3.65. The van der Waals surface area contributed by atoms with Gasteiger partial charge >= 0.3 is 0 Å². The third kappa shape index (κ3) is 5.35. The predicted molar refractivity (Wildman–Crippen MR) is 150 cm³/mol. The zero-order valence-electron chi connectivity index (χ0n) is 22.1. The third-order valence-electron chi connectivity index (χ3n) is 7.88. The van der Waals surface area contributed by atoms with Crippen LogP contribution in [0.2, 0.25) is 0 Å². The molecule has 1 saturated heterocycles. The monoisotopic (exact) mass is 529 g/mol. The van der Waals surface area contributed by atoms with Gasteiger partial charge in [0.15, 0.2) is 11.5 Å². The fourth-order valence-corrected chi connectivity index (χ4v) is 5.28. The molecule has 2 fully saturated rings. The predicted octanol–water partition coefficient (Wildman–Crippen LogP) is 4.37. The molecule has 0 radical (unpaired) electrons. The third-order valence-corrected chi connectivity index (χ3v) is 7.88.